The molecule has 0 aromatic carbocycles. The third-order valence-corrected chi connectivity index (χ3v) is 1.17. The minimum Gasteiger partial charge on any atom is -0.505 e. The third kappa shape index (κ3) is 2.85. The maximum atomic E-state index is 12.3. The summed E-state index contributed by atoms with van der Waals surface area (Å²) >= 11 is 0. The predicted octanol–water partition coefficient (Wildman–Crippen LogP) is 3.04. The van der Waals surface area contributed by atoms with Gasteiger partial charge in [0.25, 0.3) is 0 Å². The molecule has 0 rings (SSSR count). The number of aliphatic hydroxyl groups excluding tert-OH is 1. The summed E-state index contributed by atoms with van der Waals surface area (Å²) in [5, 5.41) is 9.00. The molecule has 1 nitrogen and oxygen atoms in total. The molecule has 0 aliphatic carbocycles. The molecule has 0 atom stereocenters. The van der Waals surface area contributed by atoms with Gasteiger partial charge in [0, 0.05) is 5.57 Å². The van der Waals surface area contributed by atoms with Gasteiger partial charge < -0.3 is 5.11 Å². The summed E-state index contributed by atoms with van der Waals surface area (Å²) in [6.45, 7) is 9.80. The van der Waals surface area contributed by atoms with Gasteiger partial charge in [-0.15, -0.1) is 6.58 Å². The lowest BCUT2D eigenvalue weighted by Gasteiger charge is -2.00. The van der Waals surface area contributed by atoms with Crippen molar-refractivity contribution in [2.24, 2.45) is 0 Å². The number of halogens is 1. The molecule has 0 aliphatic heterocycles. The van der Waals surface area contributed by atoms with E-state index in [2.05, 4.69) is 19.7 Å². The fourth-order valence-electron chi connectivity index (χ4n) is 0.606. The van der Waals surface area contributed by atoms with Crippen LogP contribution in [0, 0.1) is 0 Å². The summed E-state index contributed by atoms with van der Waals surface area (Å²) < 4.78 is 12.3. The molecule has 0 bridgehead atoms. The van der Waals surface area contributed by atoms with Crippen molar-refractivity contribution in [2.75, 3.05) is 0 Å². The van der Waals surface area contributed by atoms with E-state index in [9.17, 15) is 4.39 Å². The van der Waals surface area contributed by atoms with Crippen LogP contribution in [-0.2, 0) is 0 Å². The van der Waals surface area contributed by atoms with E-state index in [4.69, 9.17) is 5.11 Å². The Balaban J connectivity index is 4.66. The van der Waals surface area contributed by atoms with Gasteiger partial charge >= 0.3 is 0 Å². The van der Waals surface area contributed by atoms with Crippen LogP contribution in [0.1, 0.15) is 6.42 Å². The van der Waals surface area contributed by atoms with Gasteiger partial charge in [-0.2, -0.15) is 0 Å². The molecule has 0 aromatic heterocycles. The first kappa shape index (κ1) is 9.69. The first-order valence-corrected chi connectivity index (χ1v) is 3.13. The van der Waals surface area contributed by atoms with E-state index in [1.807, 2.05) is 0 Å². The average molecular weight is 154 g/mol. The predicted molar refractivity (Wildman–Crippen MR) is 44.9 cm³/mol. The average Bonchev–Trinajstić information content (AvgIpc) is 1.98. The second-order valence-electron chi connectivity index (χ2n) is 1.98. The van der Waals surface area contributed by atoms with Crippen LogP contribution in [0.4, 0.5) is 4.39 Å². The summed E-state index contributed by atoms with van der Waals surface area (Å²) in [6.07, 6.45) is 3.32. The number of hydrogen-bond acceptors (Lipinski definition) is 1. The molecule has 60 valence electrons. The van der Waals surface area contributed by atoms with Crippen molar-refractivity contribution in [3.63, 3.8) is 0 Å². The second-order valence-corrected chi connectivity index (χ2v) is 1.98. The van der Waals surface area contributed by atoms with Crippen LogP contribution in [0.15, 0.2) is 49.0 Å². The molecule has 0 radical (unpaired) electrons. The van der Waals surface area contributed by atoms with Crippen molar-refractivity contribution in [3.8, 4) is 0 Å². The van der Waals surface area contributed by atoms with E-state index in [0.29, 0.717) is 12.0 Å². The zero-order chi connectivity index (χ0) is 8.85. The molecule has 0 spiro atoms. The van der Waals surface area contributed by atoms with Gasteiger partial charge in [-0.1, -0.05) is 25.3 Å². The zero-order valence-electron chi connectivity index (χ0n) is 6.31. The molecule has 0 aliphatic rings. The standard InChI is InChI=1S/C9H11FO/c1-4-6-8(5-2)9(11)7(3)10/h4-5,11H,1-3,6H2/b9-8-. The Morgan fingerprint density at radius 2 is 2.00 bits per heavy atom. The molecule has 0 saturated heterocycles. The van der Waals surface area contributed by atoms with Crippen LogP contribution < -0.4 is 0 Å². The van der Waals surface area contributed by atoms with Crippen molar-refractivity contribution >= 4 is 0 Å². The second kappa shape index (κ2) is 4.50. The first-order valence-electron chi connectivity index (χ1n) is 3.13. The van der Waals surface area contributed by atoms with Crippen molar-refractivity contribution < 1.29 is 9.50 Å². The van der Waals surface area contributed by atoms with Gasteiger partial charge in [0.05, 0.1) is 0 Å². The number of aliphatic hydroxyl groups is 1. The van der Waals surface area contributed by atoms with Gasteiger partial charge in [-0.3, -0.25) is 0 Å². The van der Waals surface area contributed by atoms with Crippen LogP contribution in [0.2, 0.25) is 0 Å². The fourth-order valence-corrected chi connectivity index (χ4v) is 0.606. The van der Waals surface area contributed by atoms with Crippen LogP contribution in [0.5, 0.6) is 0 Å². The van der Waals surface area contributed by atoms with Crippen LogP contribution in [0.25, 0.3) is 0 Å². The fraction of sp³-hybridized carbons (Fsp3) is 0.111. The van der Waals surface area contributed by atoms with E-state index in [1.54, 1.807) is 6.08 Å². The van der Waals surface area contributed by atoms with E-state index in [1.165, 1.54) is 6.08 Å². The topological polar surface area (TPSA) is 20.2 Å². The number of hydrogen-bond donors (Lipinski definition) is 1. The highest BCUT2D eigenvalue weighted by molar-refractivity contribution is 5.30. The van der Waals surface area contributed by atoms with Crippen molar-refractivity contribution in [3.05, 3.63) is 49.0 Å². The van der Waals surface area contributed by atoms with Crippen LogP contribution in [0.3, 0.4) is 0 Å². The van der Waals surface area contributed by atoms with Gasteiger partial charge in [-0.05, 0) is 6.42 Å². The molecule has 0 fully saturated rings. The molecule has 0 saturated carbocycles. The lowest BCUT2D eigenvalue weighted by molar-refractivity contribution is 0.384. The van der Waals surface area contributed by atoms with Gasteiger partial charge in [0.1, 0.15) is 0 Å². The molecular formula is C9H11FO. The van der Waals surface area contributed by atoms with Crippen molar-refractivity contribution in [1.29, 1.82) is 0 Å². The highest BCUT2D eigenvalue weighted by Gasteiger charge is 2.03. The Morgan fingerprint density at radius 1 is 1.45 bits per heavy atom. The summed E-state index contributed by atoms with van der Waals surface area (Å²) in [4.78, 5) is 0. The summed E-state index contributed by atoms with van der Waals surface area (Å²) in [6, 6.07) is 0. The van der Waals surface area contributed by atoms with E-state index < -0.39 is 11.6 Å². The van der Waals surface area contributed by atoms with E-state index >= 15 is 0 Å². The molecule has 1 N–H and O–H groups in total. The van der Waals surface area contributed by atoms with Crippen molar-refractivity contribution in [1.82, 2.24) is 0 Å². The first-order chi connectivity index (χ1) is 5.13. The summed E-state index contributed by atoms with van der Waals surface area (Å²) in [5.41, 5.74) is 0.396. The summed E-state index contributed by atoms with van der Waals surface area (Å²) in [7, 11) is 0. The lowest BCUT2D eigenvalue weighted by Crippen LogP contribution is -1.87. The van der Waals surface area contributed by atoms with Crippen molar-refractivity contribution in [2.45, 2.75) is 6.42 Å². The SMILES string of the molecule is C=CC/C(C=C)=C(\O)C(=C)F. The Kier molecular flexibility index (Phi) is 3.96. The molecule has 0 heterocycles. The smallest absolute Gasteiger partial charge is 0.157 e. The Hall–Kier alpha value is -1.31. The zero-order valence-corrected chi connectivity index (χ0v) is 6.31. The Morgan fingerprint density at radius 3 is 2.27 bits per heavy atom. The monoisotopic (exact) mass is 154 g/mol. The lowest BCUT2D eigenvalue weighted by atomic mass is 10.1. The molecule has 11 heavy (non-hydrogen) atoms. The quantitative estimate of drug-likeness (QED) is 0.375. The highest BCUT2D eigenvalue weighted by Crippen LogP contribution is 2.15. The third-order valence-electron chi connectivity index (χ3n) is 1.17. The Bertz CT molecular complexity index is 214. The number of allylic oxidation sites excluding steroid dienone is 4. The molecule has 0 aromatic rings. The number of rotatable bonds is 4. The highest BCUT2D eigenvalue weighted by atomic mass is 19.1. The van der Waals surface area contributed by atoms with Crippen LogP contribution in [-0.4, -0.2) is 5.11 Å². The maximum absolute atomic E-state index is 12.3. The van der Waals surface area contributed by atoms with Gasteiger partial charge in [0.15, 0.2) is 11.6 Å². The normalized spacial score (nSPS) is 11.7. The minimum absolute atomic E-state index is 0.387. The van der Waals surface area contributed by atoms with Crippen LogP contribution >= 0.6 is 0 Å². The summed E-state index contributed by atoms with van der Waals surface area (Å²) in [5.74, 6) is -1.29. The van der Waals surface area contributed by atoms with E-state index in [-0.39, 0.29) is 0 Å². The van der Waals surface area contributed by atoms with Gasteiger partial charge in [-0.25, -0.2) is 4.39 Å². The molecule has 2 heteroatoms. The minimum atomic E-state index is -0.846. The molecule has 0 unspecified atom stereocenters. The maximum Gasteiger partial charge on any atom is 0.157 e. The molecule has 0 amide bonds. The van der Waals surface area contributed by atoms with E-state index in [0.717, 1.165) is 0 Å². The largest absolute Gasteiger partial charge is 0.505 e. The van der Waals surface area contributed by atoms with Gasteiger partial charge in [0.2, 0.25) is 0 Å². The molecular weight excluding hydrogens is 143 g/mol. The Labute approximate surface area is 65.9 Å².